The summed E-state index contributed by atoms with van der Waals surface area (Å²) in [5.74, 6) is -0.763. The number of aliphatic imine (C=N–C) groups is 2. The van der Waals surface area contributed by atoms with Crippen LogP contribution < -0.4 is 19.5 Å². The Labute approximate surface area is 1010 Å². The quantitative estimate of drug-likeness (QED) is 0.113. The van der Waals surface area contributed by atoms with Gasteiger partial charge < -0.3 is 39.9 Å². The van der Waals surface area contributed by atoms with Crippen LogP contribution >= 0.6 is 45.3 Å². The van der Waals surface area contributed by atoms with E-state index in [1.54, 1.807) is 77.0 Å². The zero-order valence-corrected chi connectivity index (χ0v) is 92.6. The van der Waals surface area contributed by atoms with Crippen molar-refractivity contribution in [3.05, 3.63) is 485 Å². The first-order chi connectivity index (χ1) is 88.7. The molecule has 17 aromatic rings. The van der Waals surface area contributed by atoms with E-state index in [1.807, 2.05) is 124 Å². The Bertz CT molecular complexity index is 10200. The van der Waals surface area contributed by atoms with Gasteiger partial charge in [0.2, 0.25) is 0 Å². The van der Waals surface area contributed by atoms with Crippen molar-refractivity contribution in [2.45, 2.75) is 173 Å². The van der Waals surface area contributed by atoms with Crippen molar-refractivity contribution in [2.75, 3.05) is 0 Å². The molecular formula is C131H124Ir4N8S4-8. The van der Waals surface area contributed by atoms with E-state index in [2.05, 4.69) is 120 Å². The molecule has 147 heavy (non-hydrogen) atoms. The Morgan fingerprint density at radius 3 is 1.67 bits per heavy atom. The molecule has 23 rings (SSSR count). The van der Waals surface area contributed by atoms with E-state index >= 15 is 0 Å². The van der Waals surface area contributed by atoms with Crippen LogP contribution in [0.2, 0.25) is 0 Å². The number of unbranched alkanes of at least 4 members (excludes halogenated alkanes) is 1. The van der Waals surface area contributed by atoms with Crippen molar-refractivity contribution in [1.82, 2.24) is 29.9 Å². The Kier molecular flexibility index (Phi) is 24.9. The normalized spacial score (nSPS) is 21.4. The molecule has 0 fully saturated rings. The fourth-order valence-electron chi connectivity index (χ4n) is 15.3. The molecule has 4 aliphatic carbocycles. The van der Waals surface area contributed by atoms with Gasteiger partial charge in [0, 0.05) is 197 Å². The number of thiophene rings is 3. The summed E-state index contributed by atoms with van der Waals surface area (Å²) in [5.41, 5.74) is 9.70. The Hall–Kier alpha value is -11.6. The molecule has 0 N–H and O–H groups in total. The first-order valence-electron chi connectivity index (χ1n) is 69.3. The van der Waals surface area contributed by atoms with E-state index in [4.69, 9.17) is 64.4 Å². The van der Waals surface area contributed by atoms with Gasteiger partial charge in [0.15, 0.2) is 0 Å². The molecule has 0 saturated carbocycles. The molecule has 5 unspecified atom stereocenters. The van der Waals surface area contributed by atoms with E-state index in [0.29, 0.717) is 51.4 Å². The summed E-state index contributed by atoms with van der Waals surface area (Å²) in [5, 5.41) is 9.71. The van der Waals surface area contributed by atoms with Crippen LogP contribution in [0.3, 0.4) is 0 Å². The average Bonchev–Trinajstić information content (AvgIpc) is 1.66. The zero-order chi connectivity index (χ0) is 140. The molecule has 5 atom stereocenters. The third-order valence-corrected chi connectivity index (χ3v) is 27.4. The molecule has 8 nitrogen and oxygen atoms in total. The van der Waals surface area contributed by atoms with Gasteiger partial charge in [-0.2, -0.15) is 71.6 Å². The Morgan fingerprint density at radius 1 is 0.483 bits per heavy atom. The number of hydrogen-bond donors (Lipinski definition) is 0. The third kappa shape index (κ3) is 30.6. The molecule has 2 aliphatic heterocycles. The van der Waals surface area contributed by atoms with Crippen LogP contribution in [0.4, 0.5) is 0 Å². The fourth-order valence-corrected chi connectivity index (χ4v) is 19.8. The van der Waals surface area contributed by atoms with Crippen LogP contribution in [-0.2, 0) is 80.4 Å². The standard InChI is InChI=1S/C19H24N.3C18H14NS.C17H12NS.2C14H16N.C13H14N.4Ir/c1-5-6-7-15(3)18-13-20-19(12-16(18)4)17-10-8-14(2)9-11-17;2*1-12-9-10-16(19-11-12)15-7-4-6-14-13-5-2-3-8-17(13)20-18(14)15;1-14-10-11-17(19-12-14)16-8-3-2-6-15-7-4-5-9-18(15)20-13-16;1-2-10-16-12(6-1)13-7-5-8-14(17(13)19-16)15-9-3-4-11-18-15;2*1-10-4-6-13(7-5-10)14-8-11(2)12(3)9-15-14;1-10-3-6-12(7-4-10)13-8-5-11(2)9-14-13;;;;/h8-10,12-13,15H,5-7H2,1-4H3;2*2-3,5-11H,4H2,1H3;2-7,9-13H,1H3;1-2,4-7,10-11H,3,9H2;4,6-9H,5H2,1-3H3;4-6,9,11H,8H2,1-3H3;3,5-9H,4H2,1-2H3;;;;/q8*-1;;;;/i2D3,15D;2*1D3,9D,10D;1D3,10D,11D;3D,4D,9D,11D;1D3,3D3,4D,5D,6D,8D;1D3,3D3;1D3,2D3,5D,8D;;;;. The summed E-state index contributed by atoms with van der Waals surface area (Å²) in [4.78, 5) is 33.4. The molecular weight excluding hydrogens is 2580 g/mol. The van der Waals surface area contributed by atoms with E-state index in [9.17, 15) is 0 Å². The smallest absolute Gasteiger partial charge is 0.0826 e. The second-order valence-electron chi connectivity index (χ2n) is 32.9. The van der Waals surface area contributed by atoms with Crippen molar-refractivity contribution < 1.29 is 145 Å². The maximum Gasteiger partial charge on any atom is 0.0826 e. The van der Waals surface area contributed by atoms with E-state index in [-0.39, 0.29) is 232 Å². The maximum absolute atomic E-state index is 8.57. The SMILES string of the molecule is [2H]C([2H])([2H])C1=CN=C(c2[c-]cc(C([2H])([2H])[2H])cc2)CC1C.[2H]C([2H])([2H])c1c[c-]c(-c2cc(C)c(C([2H])(C)CCCC)cn2)cc1.[2H]C1=C([2H])C([2H])C([2H])C(c2[c-]ccc3c2sc2ccccc23)=N1.[2H]C1=C(c2ncc(C([2H])([2H])[2H])c(C)c2[2H])[CH-]C([2H])C(C([2H])([2H])[2H])=C1[2H].[2H]c1c(C([2H])([2H])[2H])cnc(-c2[c-]cccc3ccccc3sc2)c1[2H].[2H]c1c(C([2H])([2H])[2H])cnc(C2=CC=C(C([2H])([2H])[2H])C[CH-]2)c1[2H].[2H]c1c(C([2H])([2H])[2H])cnc(C2=c3sc4ccccc4c3=CC[CH-]2)c1[2H].[2H]c1c(C([2H])([2H])[2H])cnc(C2=c3sc4ccccc4c3=CC[CH-]2)c1[2H].[Ir].[Ir].[Ir].[Ir]. The number of aryl methyl sites for hydroxylation is 8. The van der Waals surface area contributed by atoms with E-state index in [1.165, 1.54) is 78.0 Å². The number of allylic oxidation sites excluding steroid dienone is 10. The van der Waals surface area contributed by atoms with Crippen molar-refractivity contribution in [2.24, 2.45) is 15.9 Å². The number of fused-ring (bicyclic) bond motifs is 10. The van der Waals surface area contributed by atoms with Gasteiger partial charge in [-0.05, 0) is 237 Å². The summed E-state index contributed by atoms with van der Waals surface area (Å²) in [6.45, 7) is -14.1. The van der Waals surface area contributed by atoms with Gasteiger partial charge in [-0.1, -0.05) is 289 Å². The zero-order valence-electron chi connectivity index (χ0n) is 127. The molecule has 0 bridgehead atoms. The molecule has 0 spiro atoms. The minimum atomic E-state index is -2.67. The van der Waals surface area contributed by atoms with Gasteiger partial charge in [0.05, 0.1) is 15.1 Å². The van der Waals surface area contributed by atoms with E-state index < -0.39 is 111 Å². The topological polar surface area (TPSA) is 102 Å². The molecule has 7 aromatic carbocycles. The van der Waals surface area contributed by atoms with Gasteiger partial charge in [-0.3, -0.25) is 0 Å². The van der Waals surface area contributed by atoms with Crippen LogP contribution in [0.15, 0.2) is 336 Å². The second kappa shape index (κ2) is 56.1. The van der Waals surface area contributed by atoms with Gasteiger partial charge in [-0.15, -0.1) is 142 Å². The van der Waals surface area contributed by atoms with Crippen molar-refractivity contribution >= 4 is 142 Å². The van der Waals surface area contributed by atoms with E-state index in [0.717, 1.165) is 156 Å². The number of pyridine rings is 6. The Morgan fingerprint density at radius 2 is 1.07 bits per heavy atom. The Balaban J connectivity index is 0.000000190. The molecule has 4 radical (unpaired) electrons. The van der Waals surface area contributed by atoms with Crippen molar-refractivity contribution in [3.8, 4) is 22.5 Å². The predicted molar refractivity (Wildman–Crippen MR) is 615 cm³/mol. The summed E-state index contributed by atoms with van der Waals surface area (Å²) in [7, 11) is 0. The molecule has 0 saturated heterocycles. The minimum Gasteiger partial charge on any atom is -0.320 e. The minimum absolute atomic E-state index is 0. The molecule has 0 amide bonds. The number of rotatable bonds is 12. The van der Waals surface area contributed by atoms with Crippen LogP contribution in [0, 0.1) is 118 Å². The molecule has 12 heterocycles. The van der Waals surface area contributed by atoms with Crippen LogP contribution in [-0.4, -0.2) is 41.3 Å². The summed E-state index contributed by atoms with van der Waals surface area (Å²) < 4.78 is 367. The predicted octanol–water partition coefficient (Wildman–Crippen LogP) is 32.5. The van der Waals surface area contributed by atoms with Crippen LogP contribution in [0.5, 0.6) is 0 Å². The molecule has 16 heteroatoms. The summed E-state index contributed by atoms with van der Waals surface area (Å²) in [6.07, 6.45) is 24.4. The second-order valence-corrected chi connectivity index (χ2v) is 37.0. The van der Waals surface area contributed by atoms with Crippen LogP contribution in [0.25, 0.3) is 107 Å². The maximum atomic E-state index is 8.57. The van der Waals surface area contributed by atoms with Crippen molar-refractivity contribution in [3.63, 3.8) is 0 Å². The number of hydrogen-bond acceptors (Lipinski definition) is 12. The molecule has 10 aromatic heterocycles. The van der Waals surface area contributed by atoms with Gasteiger partial charge in [0.1, 0.15) is 0 Å². The monoisotopic (exact) mass is 2760 g/mol. The van der Waals surface area contributed by atoms with Gasteiger partial charge in [0.25, 0.3) is 0 Å². The summed E-state index contributed by atoms with van der Waals surface area (Å²) in [6, 6.07) is 61.7. The fraction of sp³-hybridized carbons (Fsp3) is 0.206. The first kappa shape index (κ1) is 65.4. The number of benzene rings is 7. The first-order valence-corrected chi connectivity index (χ1v) is 48.9. The number of nitrogens with zero attached hydrogens (tertiary/aromatic N) is 8. The third-order valence-electron chi connectivity index (χ3n) is 22.8. The average molecular weight is 2750 g/mol. The van der Waals surface area contributed by atoms with Gasteiger partial charge >= 0.3 is 0 Å². The summed E-state index contributed by atoms with van der Waals surface area (Å²) >= 11 is 6.34. The van der Waals surface area contributed by atoms with Crippen LogP contribution in [0.1, 0.15) is 265 Å². The number of aromatic nitrogens is 6. The molecule has 756 valence electrons. The largest absolute Gasteiger partial charge is 0.320 e. The molecule has 6 aliphatic rings. The van der Waals surface area contributed by atoms with Gasteiger partial charge in [-0.25, -0.2) is 22.7 Å². The van der Waals surface area contributed by atoms with Crippen molar-refractivity contribution in [1.29, 1.82) is 0 Å².